The zero-order valence-corrected chi connectivity index (χ0v) is 11.8. The molecule has 3 rings (SSSR count). The van der Waals surface area contributed by atoms with E-state index < -0.39 is 6.48 Å². The molecule has 5 heteroatoms. The summed E-state index contributed by atoms with van der Waals surface area (Å²) in [6.07, 6.45) is 8.07. The molecule has 0 saturated heterocycles. The normalized spacial score (nSPS) is 21.5. The van der Waals surface area contributed by atoms with E-state index in [1.54, 1.807) is 24.5 Å². The summed E-state index contributed by atoms with van der Waals surface area (Å²) >= 11 is 0. The average molecular weight is 286 g/mol. The van der Waals surface area contributed by atoms with Crippen LogP contribution in [0, 0.1) is 0 Å². The Bertz CT molecular complexity index is 634. The second kappa shape index (κ2) is 5.54. The van der Waals surface area contributed by atoms with Gasteiger partial charge >= 0.3 is 6.48 Å². The van der Waals surface area contributed by atoms with Gasteiger partial charge in [-0.1, -0.05) is 12.2 Å². The van der Waals surface area contributed by atoms with Gasteiger partial charge in [-0.3, -0.25) is 0 Å². The lowest BCUT2D eigenvalue weighted by molar-refractivity contribution is -0.272. The molecule has 2 unspecified atom stereocenters. The van der Waals surface area contributed by atoms with Crippen molar-refractivity contribution in [3.63, 3.8) is 0 Å². The summed E-state index contributed by atoms with van der Waals surface area (Å²) in [6.45, 7) is 1.09. The van der Waals surface area contributed by atoms with Crippen LogP contribution >= 0.6 is 0 Å². The number of rotatable bonds is 3. The minimum absolute atomic E-state index is 0.298. The molecule has 1 aliphatic heterocycles. The fraction of sp³-hybridized carbons (Fsp3) is 0.250. The van der Waals surface area contributed by atoms with Crippen molar-refractivity contribution in [3.8, 4) is 0 Å². The van der Waals surface area contributed by atoms with Crippen LogP contribution in [0.15, 0.2) is 54.0 Å². The molecular weight excluding hydrogens is 268 g/mol. The molecule has 0 saturated carbocycles. The lowest BCUT2D eigenvalue weighted by Gasteiger charge is -2.29. The van der Waals surface area contributed by atoms with E-state index in [9.17, 15) is 0 Å². The fourth-order valence-corrected chi connectivity index (χ4v) is 2.29. The van der Waals surface area contributed by atoms with Crippen molar-refractivity contribution in [2.24, 2.45) is 0 Å². The Morgan fingerprint density at radius 1 is 1.33 bits per heavy atom. The van der Waals surface area contributed by atoms with Crippen LogP contribution in [0.3, 0.4) is 0 Å². The summed E-state index contributed by atoms with van der Waals surface area (Å²) < 4.78 is 16.9. The van der Waals surface area contributed by atoms with Crippen LogP contribution in [0.4, 0.5) is 11.4 Å². The summed E-state index contributed by atoms with van der Waals surface area (Å²) in [5.41, 5.74) is 14.8. The largest absolute Gasteiger partial charge is 0.440 e. The molecule has 0 radical (unpaired) electrons. The predicted octanol–water partition coefficient (Wildman–Crippen LogP) is 2.99. The number of hydrogen-bond donors (Lipinski definition) is 2. The summed E-state index contributed by atoms with van der Waals surface area (Å²) in [7, 11) is 0. The Kier molecular flexibility index (Phi) is 3.58. The van der Waals surface area contributed by atoms with Gasteiger partial charge in [0, 0.05) is 22.5 Å². The van der Waals surface area contributed by atoms with Crippen LogP contribution in [0.5, 0.6) is 0 Å². The van der Waals surface area contributed by atoms with Crippen LogP contribution < -0.4 is 11.5 Å². The average Bonchev–Trinajstić information content (AvgIpc) is 2.49. The highest BCUT2D eigenvalue weighted by molar-refractivity contribution is 5.56. The lowest BCUT2D eigenvalue weighted by atomic mass is 10.1. The van der Waals surface area contributed by atoms with Crippen LogP contribution in [-0.2, 0) is 14.2 Å². The molecule has 1 aromatic carbocycles. The first kappa shape index (κ1) is 13.6. The molecule has 0 bridgehead atoms. The number of allylic oxidation sites excluding steroid dienone is 4. The SMILES string of the molecule is CC(OC1OC=C2CC=CC=C2O1)c1cc(N)ccc1N. The quantitative estimate of drug-likeness (QED) is 0.835. The maximum absolute atomic E-state index is 5.95. The highest BCUT2D eigenvalue weighted by atomic mass is 16.8. The van der Waals surface area contributed by atoms with E-state index >= 15 is 0 Å². The Morgan fingerprint density at radius 2 is 2.19 bits per heavy atom. The van der Waals surface area contributed by atoms with Gasteiger partial charge in [-0.25, -0.2) is 0 Å². The molecule has 1 aliphatic carbocycles. The van der Waals surface area contributed by atoms with Crippen molar-refractivity contribution in [3.05, 3.63) is 59.6 Å². The van der Waals surface area contributed by atoms with Crippen molar-refractivity contribution in [2.75, 3.05) is 11.5 Å². The van der Waals surface area contributed by atoms with Crippen LogP contribution in [-0.4, -0.2) is 6.48 Å². The molecule has 21 heavy (non-hydrogen) atoms. The first-order chi connectivity index (χ1) is 10.1. The molecule has 5 nitrogen and oxygen atoms in total. The van der Waals surface area contributed by atoms with E-state index in [1.807, 2.05) is 25.2 Å². The van der Waals surface area contributed by atoms with Gasteiger partial charge in [0.25, 0.3) is 0 Å². The topological polar surface area (TPSA) is 79.7 Å². The third kappa shape index (κ3) is 2.87. The monoisotopic (exact) mass is 286 g/mol. The molecule has 2 aliphatic rings. The van der Waals surface area contributed by atoms with E-state index in [4.69, 9.17) is 25.7 Å². The van der Waals surface area contributed by atoms with Crippen molar-refractivity contribution in [2.45, 2.75) is 25.9 Å². The molecule has 4 N–H and O–H groups in total. The number of ether oxygens (including phenoxy) is 3. The summed E-state index contributed by atoms with van der Waals surface area (Å²) in [5.74, 6) is 0.779. The van der Waals surface area contributed by atoms with Crippen molar-refractivity contribution < 1.29 is 14.2 Å². The van der Waals surface area contributed by atoms with Crippen LogP contribution in [0.2, 0.25) is 0 Å². The Morgan fingerprint density at radius 3 is 3.05 bits per heavy atom. The van der Waals surface area contributed by atoms with E-state index in [-0.39, 0.29) is 6.10 Å². The van der Waals surface area contributed by atoms with E-state index in [0.717, 1.165) is 23.3 Å². The Balaban J connectivity index is 1.71. The molecule has 110 valence electrons. The number of anilines is 2. The zero-order valence-electron chi connectivity index (χ0n) is 11.8. The lowest BCUT2D eigenvalue weighted by Crippen LogP contribution is -2.25. The summed E-state index contributed by atoms with van der Waals surface area (Å²) in [4.78, 5) is 0. The van der Waals surface area contributed by atoms with Gasteiger partial charge in [0.15, 0.2) is 0 Å². The second-order valence-electron chi connectivity index (χ2n) is 5.02. The van der Waals surface area contributed by atoms with Gasteiger partial charge in [-0.2, -0.15) is 0 Å². The number of fused-ring (bicyclic) bond motifs is 1. The second-order valence-corrected chi connectivity index (χ2v) is 5.02. The molecule has 0 spiro atoms. The van der Waals surface area contributed by atoms with Crippen molar-refractivity contribution in [1.82, 2.24) is 0 Å². The maximum Gasteiger partial charge on any atom is 0.360 e. The minimum atomic E-state index is -0.790. The van der Waals surface area contributed by atoms with E-state index in [1.165, 1.54) is 0 Å². The Hall–Kier alpha value is -2.40. The fourth-order valence-electron chi connectivity index (χ4n) is 2.29. The van der Waals surface area contributed by atoms with Gasteiger partial charge in [-0.05, 0) is 37.6 Å². The van der Waals surface area contributed by atoms with Gasteiger partial charge in [0.05, 0.1) is 12.4 Å². The third-order valence-corrected chi connectivity index (χ3v) is 3.45. The Labute approximate surface area is 123 Å². The van der Waals surface area contributed by atoms with Crippen LogP contribution in [0.1, 0.15) is 25.0 Å². The first-order valence-electron chi connectivity index (χ1n) is 6.82. The highest BCUT2D eigenvalue weighted by Gasteiger charge is 2.25. The van der Waals surface area contributed by atoms with Gasteiger partial charge in [0.1, 0.15) is 5.76 Å². The third-order valence-electron chi connectivity index (χ3n) is 3.45. The van der Waals surface area contributed by atoms with Gasteiger partial charge in [-0.15, -0.1) is 0 Å². The van der Waals surface area contributed by atoms with Gasteiger partial charge in [0.2, 0.25) is 0 Å². The molecule has 2 atom stereocenters. The van der Waals surface area contributed by atoms with E-state index in [0.29, 0.717) is 11.4 Å². The molecule has 0 amide bonds. The molecule has 0 aromatic heterocycles. The van der Waals surface area contributed by atoms with Crippen LogP contribution in [0.25, 0.3) is 0 Å². The summed E-state index contributed by atoms with van der Waals surface area (Å²) in [5, 5.41) is 0. The molecular formula is C16H18N2O3. The number of benzene rings is 1. The molecule has 0 fully saturated rings. The standard InChI is InChI=1S/C16H18N2O3/c1-10(13-8-12(17)6-7-14(13)18)20-16-19-9-11-4-2-3-5-15(11)21-16/h2-3,5-10,16H,4,17-18H2,1H3. The molecule has 1 aromatic rings. The highest BCUT2D eigenvalue weighted by Crippen LogP contribution is 2.31. The number of nitrogen functional groups attached to an aromatic ring is 2. The van der Waals surface area contributed by atoms with E-state index in [2.05, 4.69) is 0 Å². The zero-order chi connectivity index (χ0) is 14.8. The predicted molar refractivity (Wildman–Crippen MR) is 80.6 cm³/mol. The van der Waals surface area contributed by atoms with Crippen molar-refractivity contribution >= 4 is 11.4 Å². The number of hydrogen-bond acceptors (Lipinski definition) is 5. The molecule has 1 heterocycles. The maximum atomic E-state index is 5.95. The van der Waals surface area contributed by atoms with Gasteiger partial charge < -0.3 is 25.7 Å². The van der Waals surface area contributed by atoms with Crippen molar-refractivity contribution in [1.29, 1.82) is 0 Å². The number of nitrogens with two attached hydrogens (primary N) is 2. The first-order valence-corrected chi connectivity index (χ1v) is 6.82. The minimum Gasteiger partial charge on any atom is -0.440 e. The smallest absolute Gasteiger partial charge is 0.360 e. The summed E-state index contributed by atoms with van der Waals surface area (Å²) in [6, 6.07) is 5.32.